The maximum Gasteiger partial charge on any atom is 0.309 e. The molecule has 0 unspecified atom stereocenters. The summed E-state index contributed by atoms with van der Waals surface area (Å²) in [5.41, 5.74) is 5.35. The third kappa shape index (κ3) is 3.35. The second-order valence-electron chi connectivity index (χ2n) is 4.80. The Morgan fingerprint density at radius 2 is 2.00 bits per heavy atom. The van der Waals surface area contributed by atoms with Crippen LogP contribution in [0.15, 0.2) is 0 Å². The van der Waals surface area contributed by atoms with E-state index < -0.39 is 0 Å². The largest absolute Gasteiger partial charge is 0.460 e. The minimum absolute atomic E-state index is 0.0363. The smallest absolute Gasteiger partial charge is 0.309 e. The minimum Gasteiger partial charge on any atom is -0.460 e. The summed E-state index contributed by atoms with van der Waals surface area (Å²) in [6.45, 7) is 5.67. The summed E-state index contributed by atoms with van der Waals surface area (Å²) >= 11 is 0. The fraction of sp³-hybridized carbons (Fsp3) is 0.900. The molecule has 0 aromatic carbocycles. The maximum atomic E-state index is 11.5. The van der Waals surface area contributed by atoms with Crippen LogP contribution in [0.2, 0.25) is 0 Å². The van der Waals surface area contributed by atoms with Gasteiger partial charge >= 0.3 is 5.97 Å². The Balaban J connectivity index is 2.41. The van der Waals surface area contributed by atoms with Crippen LogP contribution < -0.4 is 5.73 Å². The van der Waals surface area contributed by atoms with Gasteiger partial charge in [-0.3, -0.25) is 4.79 Å². The standard InChI is InChI=1S/C10H19NO2/c1-10(2,3)13-9(12)7-4-5-8(11)6-7/h7-8H,4-6,11H2,1-3H3/t7-,8+/m1/s1. The average Bonchev–Trinajstić information content (AvgIpc) is 2.31. The number of nitrogens with two attached hydrogens (primary N) is 1. The van der Waals surface area contributed by atoms with Gasteiger partial charge in [-0.05, 0) is 40.0 Å². The van der Waals surface area contributed by atoms with E-state index in [4.69, 9.17) is 10.5 Å². The molecule has 1 fully saturated rings. The molecule has 0 bridgehead atoms. The molecule has 1 aliphatic rings. The van der Waals surface area contributed by atoms with Gasteiger partial charge in [0.05, 0.1) is 5.92 Å². The fourth-order valence-corrected chi connectivity index (χ4v) is 1.62. The van der Waals surface area contributed by atoms with Gasteiger partial charge in [0.25, 0.3) is 0 Å². The van der Waals surface area contributed by atoms with E-state index in [1.165, 1.54) is 0 Å². The molecule has 76 valence electrons. The van der Waals surface area contributed by atoms with Gasteiger partial charge in [0.1, 0.15) is 5.60 Å². The van der Waals surface area contributed by atoms with Crippen LogP contribution in [0.25, 0.3) is 0 Å². The number of hydrogen-bond donors (Lipinski definition) is 1. The zero-order valence-electron chi connectivity index (χ0n) is 8.67. The molecule has 0 aliphatic heterocycles. The van der Waals surface area contributed by atoms with Gasteiger partial charge < -0.3 is 10.5 Å². The molecule has 2 N–H and O–H groups in total. The van der Waals surface area contributed by atoms with Crippen LogP contribution >= 0.6 is 0 Å². The first-order valence-corrected chi connectivity index (χ1v) is 4.87. The number of carbonyl (C=O) groups excluding carboxylic acids is 1. The number of rotatable bonds is 1. The van der Waals surface area contributed by atoms with Gasteiger partial charge in [0.2, 0.25) is 0 Å². The molecule has 1 rings (SSSR count). The average molecular weight is 185 g/mol. The van der Waals surface area contributed by atoms with Crippen LogP contribution in [0, 0.1) is 5.92 Å². The molecule has 2 atom stereocenters. The van der Waals surface area contributed by atoms with Crippen LogP contribution in [0.1, 0.15) is 40.0 Å². The fourth-order valence-electron chi connectivity index (χ4n) is 1.62. The molecule has 1 saturated carbocycles. The Morgan fingerprint density at radius 3 is 2.38 bits per heavy atom. The third-order valence-corrected chi connectivity index (χ3v) is 2.21. The zero-order valence-corrected chi connectivity index (χ0v) is 8.67. The van der Waals surface area contributed by atoms with Crippen molar-refractivity contribution in [2.75, 3.05) is 0 Å². The Morgan fingerprint density at radius 1 is 1.38 bits per heavy atom. The Kier molecular flexibility index (Phi) is 2.96. The van der Waals surface area contributed by atoms with E-state index in [-0.39, 0.29) is 23.5 Å². The van der Waals surface area contributed by atoms with Gasteiger partial charge in [-0.2, -0.15) is 0 Å². The van der Waals surface area contributed by atoms with E-state index in [9.17, 15) is 4.79 Å². The topological polar surface area (TPSA) is 52.3 Å². The maximum absolute atomic E-state index is 11.5. The Bertz CT molecular complexity index is 196. The Labute approximate surface area is 79.6 Å². The van der Waals surface area contributed by atoms with E-state index in [0.717, 1.165) is 19.3 Å². The number of carbonyl (C=O) groups is 1. The van der Waals surface area contributed by atoms with E-state index in [0.29, 0.717) is 0 Å². The molecule has 3 nitrogen and oxygen atoms in total. The molecule has 13 heavy (non-hydrogen) atoms. The highest BCUT2D eigenvalue weighted by Gasteiger charge is 2.31. The molecule has 1 aliphatic carbocycles. The van der Waals surface area contributed by atoms with Crippen molar-refractivity contribution in [1.29, 1.82) is 0 Å². The van der Waals surface area contributed by atoms with Crippen molar-refractivity contribution in [3.63, 3.8) is 0 Å². The highest BCUT2D eigenvalue weighted by Crippen LogP contribution is 2.26. The van der Waals surface area contributed by atoms with E-state index >= 15 is 0 Å². The third-order valence-electron chi connectivity index (χ3n) is 2.21. The van der Waals surface area contributed by atoms with Gasteiger partial charge in [-0.25, -0.2) is 0 Å². The second-order valence-corrected chi connectivity index (χ2v) is 4.80. The van der Waals surface area contributed by atoms with Crippen molar-refractivity contribution >= 4 is 5.97 Å². The first-order valence-electron chi connectivity index (χ1n) is 4.87. The SMILES string of the molecule is CC(C)(C)OC(=O)[C@@H]1CC[C@H](N)C1. The predicted octanol–water partition coefficient (Wildman–Crippen LogP) is 1.46. The molecule has 0 spiro atoms. The molecule has 0 aromatic rings. The summed E-state index contributed by atoms with van der Waals surface area (Å²) < 4.78 is 5.28. The van der Waals surface area contributed by atoms with E-state index in [1.54, 1.807) is 0 Å². The molecular weight excluding hydrogens is 166 g/mol. The number of ether oxygens (including phenoxy) is 1. The first kappa shape index (κ1) is 10.5. The normalized spacial score (nSPS) is 28.9. The molecule has 0 radical (unpaired) electrons. The molecule has 0 amide bonds. The van der Waals surface area contributed by atoms with Crippen molar-refractivity contribution in [3.05, 3.63) is 0 Å². The van der Waals surface area contributed by atoms with Gasteiger partial charge in [0, 0.05) is 6.04 Å². The van der Waals surface area contributed by atoms with Crippen molar-refractivity contribution in [3.8, 4) is 0 Å². The molecule has 0 aromatic heterocycles. The summed E-state index contributed by atoms with van der Waals surface area (Å²) in [4.78, 5) is 11.5. The van der Waals surface area contributed by atoms with Crippen molar-refractivity contribution in [1.82, 2.24) is 0 Å². The minimum atomic E-state index is -0.371. The second kappa shape index (κ2) is 3.66. The number of hydrogen-bond acceptors (Lipinski definition) is 3. The van der Waals surface area contributed by atoms with Crippen LogP contribution in [-0.2, 0) is 9.53 Å². The summed E-state index contributed by atoms with van der Waals surface area (Å²) in [6, 6.07) is 0.192. The lowest BCUT2D eigenvalue weighted by Crippen LogP contribution is -2.28. The van der Waals surface area contributed by atoms with Gasteiger partial charge in [-0.1, -0.05) is 0 Å². The van der Waals surface area contributed by atoms with Crippen LogP contribution in [0.3, 0.4) is 0 Å². The van der Waals surface area contributed by atoms with Crippen LogP contribution in [-0.4, -0.2) is 17.6 Å². The lowest BCUT2D eigenvalue weighted by Gasteiger charge is -2.21. The predicted molar refractivity (Wildman–Crippen MR) is 51.2 cm³/mol. The highest BCUT2D eigenvalue weighted by molar-refractivity contribution is 5.73. The quantitative estimate of drug-likeness (QED) is 0.629. The zero-order chi connectivity index (χ0) is 10.1. The Hall–Kier alpha value is -0.570. The van der Waals surface area contributed by atoms with Crippen LogP contribution in [0.4, 0.5) is 0 Å². The van der Waals surface area contributed by atoms with E-state index in [1.807, 2.05) is 20.8 Å². The molecular formula is C10H19NO2. The highest BCUT2D eigenvalue weighted by atomic mass is 16.6. The summed E-state index contributed by atoms with van der Waals surface area (Å²) in [5, 5.41) is 0. The lowest BCUT2D eigenvalue weighted by atomic mass is 10.1. The summed E-state index contributed by atoms with van der Waals surface area (Å²) in [5.74, 6) is -0.0466. The van der Waals surface area contributed by atoms with Crippen LogP contribution in [0.5, 0.6) is 0 Å². The molecule has 0 saturated heterocycles. The summed E-state index contributed by atoms with van der Waals surface area (Å²) in [6.07, 6.45) is 2.62. The van der Waals surface area contributed by atoms with E-state index in [2.05, 4.69) is 0 Å². The molecule has 3 heteroatoms. The van der Waals surface area contributed by atoms with Gasteiger partial charge in [-0.15, -0.1) is 0 Å². The number of esters is 1. The lowest BCUT2D eigenvalue weighted by molar-refractivity contribution is -0.159. The van der Waals surface area contributed by atoms with Gasteiger partial charge in [0.15, 0.2) is 0 Å². The first-order chi connectivity index (χ1) is 5.88. The van der Waals surface area contributed by atoms with Crippen molar-refractivity contribution in [2.24, 2.45) is 11.7 Å². The molecule has 0 heterocycles. The van der Waals surface area contributed by atoms with Crippen molar-refractivity contribution in [2.45, 2.75) is 51.7 Å². The monoisotopic (exact) mass is 185 g/mol. The summed E-state index contributed by atoms with van der Waals surface area (Å²) in [7, 11) is 0. The van der Waals surface area contributed by atoms with Crippen molar-refractivity contribution < 1.29 is 9.53 Å².